The fourth-order valence-corrected chi connectivity index (χ4v) is 4.12. The lowest BCUT2D eigenvalue weighted by Crippen LogP contribution is -1.99. The minimum atomic E-state index is 0.773. The van der Waals surface area contributed by atoms with Gasteiger partial charge in [0.1, 0.15) is 0 Å². The van der Waals surface area contributed by atoms with Gasteiger partial charge in [0.25, 0.3) is 0 Å². The Balaban J connectivity index is 1.79. The summed E-state index contributed by atoms with van der Waals surface area (Å²) in [6, 6.07) is 12.5. The van der Waals surface area contributed by atoms with Gasteiger partial charge in [0, 0.05) is 12.3 Å². The van der Waals surface area contributed by atoms with Crippen molar-refractivity contribution >= 4 is 34.7 Å². The lowest BCUT2D eigenvalue weighted by molar-refractivity contribution is 0.688. The Morgan fingerprint density at radius 1 is 1.14 bits per heavy atom. The minimum absolute atomic E-state index is 0.773. The molecule has 0 unspecified atom stereocenters. The number of halogens is 1. The minimum Gasteiger partial charge on any atom is -0.302 e. The molecule has 0 atom stereocenters. The van der Waals surface area contributed by atoms with Crippen molar-refractivity contribution in [1.82, 2.24) is 14.8 Å². The van der Waals surface area contributed by atoms with Crippen molar-refractivity contribution in [3.05, 3.63) is 51.9 Å². The van der Waals surface area contributed by atoms with Crippen LogP contribution in [0.1, 0.15) is 18.1 Å². The van der Waals surface area contributed by atoms with Gasteiger partial charge in [0.2, 0.25) is 0 Å². The Morgan fingerprint density at radius 2 is 1.91 bits per heavy atom. The molecule has 0 N–H and O–H groups in total. The van der Waals surface area contributed by atoms with Gasteiger partial charge in [-0.25, -0.2) is 0 Å². The topological polar surface area (TPSA) is 30.7 Å². The molecule has 1 aromatic carbocycles. The molecule has 0 aliphatic heterocycles. The van der Waals surface area contributed by atoms with Crippen molar-refractivity contribution < 1.29 is 0 Å². The Kier molecular flexibility index (Phi) is 4.86. The summed E-state index contributed by atoms with van der Waals surface area (Å²) in [7, 11) is 0. The van der Waals surface area contributed by atoms with Gasteiger partial charge in [0.05, 0.1) is 9.21 Å². The van der Waals surface area contributed by atoms with E-state index >= 15 is 0 Å². The van der Waals surface area contributed by atoms with Crippen LogP contribution in [0.25, 0.3) is 10.7 Å². The van der Waals surface area contributed by atoms with Crippen molar-refractivity contribution in [3.8, 4) is 10.7 Å². The van der Waals surface area contributed by atoms with Crippen LogP contribution in [0.4, 0.5) is 0 Å². The SMILES string of the molecule is CCn1c(SCc2ccc(C)cc2)nnc1-c1ccc(Cl)s1. The summed E-state index contributed by atoms with van der Waals surface area (Å²) >= 11 is 9.27. The molecule has 0 aliphatic carbocycles. The molecule has 2 heterocycles. The summed E-state index contributed by atoms with van der Waals surface area (Å²) in [6.07, 6.45) is 0. The van der Waals surface area contributed by atoms with Gasteiger partial charge in [0.15, 0.2) is 11.0 Å². The van der Waals surface area contributed by atoms with E-state index in [1.165, 1.54) is 22.5 Å². The molecule has 6 heteroatoms. The molecular formula is C16H16ClN3S2. The van der Waals surface area contributed by atoms with Crippen molar-refractivity contribution in [2.24, 2.45) is 0 Å². The summed E-state index contributed by atoms with van der Waals surface area (Å²) < 4.78 is 2.91. The molecule has 0 amide bonds. The molecule has 2 aromatic heterocycles. The number of aryl methyl sites for hydroxylation is 1. The highest BCUT2D eigenvalue weighted by Gasteiger charge is 2.14. The lowest BCUT2D eigenvalue weighted by Gasteiger charge is -2.06. The van der Waals surface area contributed by atoms with Crippen LogP contribution in [0, 0.1) is 6.92 Å². The monoisotopic (exact) mass is 349 g/mol. The van der Waals surface area contributed by atoms with E-state index in [1.54, 1.807) is 11.8 Å². The third-order valence-corrected chi connectivity index (χ3v) is 5.58. The maximum atomic E-state index is 6.02. The summed E-state index contributed by atoms with van der Waals surface area (Å²) in [6.45, 7) is 5.05. The van der Waals surface area contributed by atoms with Crippen LogP contribution in [0.5, 0.6) is 0 Å². The molecule has 0 radical (unpaired) electrons. The maximum absolute atomic E-state index is 6.02. The average Bonchev–Trinajstić information content (AvgIpc) is 3.12. The quantitative estimate of drug-likeness (QED) is 0.587. The second-order valence-electron chi connectivity index (χ2n) is 4.93. The molecule has 0 bridgehead atoms. The maximum Gasteiger partial charge on any atom is 0.191 e. The van der Waals surface area contributed by atoms with Crippen molar-refractivity contribution in [2.45, 2.75) is 31.3 Å². The van der Waals surface area contributed by atoms with E-state index in [0.717, 1.165) is 32.5 Å². The molecule has 3 aromatic rings. The first-order valence-corrected chi connectivity index (χ1v) is 9.22. The molecule has 0 saturated heterocycles. The van der Waals surface area contributed by atoms with E-state index < -0.39 is 0 Å². The highest BCUT2D eigenvalue weighted by atomic mass is 35.5. The Morgan fingerprint density at radius 3 is 2.55 bits per heavy atom. The molecule has 3 nitrogen and oxygen atoms in total. The zero-order valence-electron chi connectivity index (χ0n) is 12.4. The van der Waals surface area contributed by atoms with Crippen LogP contribution < -0.4 is 0 Å². The summed E-state index contributed by atoms with van der Waals surface area (Å²) in [5.41, 5.74) is 2.57. The number of hydrogen-bond donors (Lipinski definition) is 0. The summed E-state index contributed by atoms with van der Waals surface area (Å²) in [5.74, 6) is 1.79. The first-order valence-electron chi connectivity index (χ1n) is 7.04. The van der Waals surface area contributed by atoms with Crippen LogP contribution in [-0.4, -0.2) is 14.8 Å². The second kappa shape index (κ2) is 6.86. The Bertz CT molecular complexity index is 762. The van der Waals surface area contributed by atoms with Gasteiger partial charge in [-0.2, -0.15) is 0 Å². The number of thioether (sulfide) groups is 1. The molecule has 0 aliphatic rings. The van der Waals surface area contributed by atoms with E-state index in [2.05, 4.69) is 52.9 Å². The number of aromatic nitrogens is 3. The second-order valence-corrected chi connectivity index (χ2v) is 7.59. The average molecular weight is 350 g/mol. The molecule has 0 saturated carbocycles. The fraction of sp³-hybridized carbons (Fsp3) is 0.250. The number of thiophene rings is 1. The zero-order valence-corrected chi connectivity index (χ0v) is 14.8. The first kappa shape index (κ1) is 15.6. The van der Waals surface area contributed by atoms with Crippen molar-refractivity contribution in [1.29, 1.82) is 0 Å². The van der Waals surface area contributed by atoms with Crippen LogP contribution in [0.2, 0.25) is 4.34 Å². The Hall–Kier alpha value is -1.30. The van der Waals surface area contributed by atoms with Gasteiger partial charge in [-0.15, -0.1) is 21.5 Å². The highest BCUT2D eigenvalue weighted by Crippen LogP contribution is 2.32. The number of benzene rings is 1. The van der Waals surface area contributed by atoms with Crippen LogP contribution in [0.3, 0.4) is 0 Å². The van der Waals surface area contributed by atoms with E-state index in [1.807, 2.05) is 12.1 Å². The third-order valence-electron chi connectivity index (χ3n) is 3.32. The normalized spacial score (nSPS) is 11.0. The standard InChI is InChI=1S/C16H16ClN3S2/c1-3-20-15(13-8-9-14(17)22-13)18-19-16(20)21-10-12-6-4-11(2)5-7-12/h4-9H,3,10H2,1-2H3. The largest absolute Gasteiger partial charge is 0.302 e. The van der Waals surface area contributed by atoms with E-state index in [0.29, 0.717) is 0 Å². The predicted molar refractivity (Wildman–Crippen MR) is 94.8 cm³/mol. The molecule has 22 heavy (non-hydrogen) atoms. The fourth-order valence-electron chi connectivity index (χ4n) is 2.13. The van der Waals surface area contributed by atoms with Crippen LogP contribution in [0.15, 0.2) is 41.6 Å². The van der Waals surface area contributed by atoms with Gasteiger partial charge >= 0.3 is 0 Å². The number of rotatable bonds is 5. The number of nitrogens with zero attached hydrogens (tertiary/aromatic N) is 3. The molecule has 0 spiro atoms. The molecule has 114 valence electrons. The zero-order chi connectivity index (χ0) is 15.5. The smallest absolute Gasteiger partial charge is 0.191 e. The van der Waals surface area contributed by atoms with E-state index in [4.69, 9.17) is 11.6 Å². The van der Waals surface area contributed by atoms with Gasteiger partial charge in [-0.05, 0) is 31.5 Å². The molecular weight excluding hydrogens is 334 g/mol. The Labute approximate surface area is 143 Å². The van der Waals surface area contributed by atoms with E-state index in [-0.39, 0.29) is 0 Å². The summed E-state index contributed by atoms with van der Waals surface area (Å²) in [4.78, 5) is 1.06. The first-order chi connectivity index (χ1) is 10.7. The van der Waals surface area contributed by atoms with Crippen LogP contribution >= 0.6 is 34.7 Å². The van der Waals surface area contributed by atoms with Gasteiger partial charge in [-0.1, -0.05) is 53.2 Å². The third kappa shape index (κ3) is 3.37. The number of hydrogen-bond acceptors (Lipinski definition) is 4. The van der Waals surface area contributed by atoms with Crippen molar-refractivity contribution in [2.75, 3.05) is 0 Å². The summed E-state index contributed by atoms with van der Waals surface area (Å²) in [5, 5.41) is 9.63. The lowest BCUT2D eigenvalue weighted by atomic mass is 10.2. The van der Waals surface area contributed by atoms with Gasteiger partial charge in [-0.3, -0.25) is 0 Å². The van der Waals surface area contributed by atoms with Crippen molar-refractivity contribution in [3.63, 3.8) is 0 Å². The van der Waals surface area contributed by atoms with Crippen LogP contribution in [-0.2, 0) is 12.3 Å². The van der Waals surface area contributed by atoms with E-state index in [9.17, 15) is 0 Å². The predicted octanol–water partition coefficient (Wildman–Crippen LogP) is 5.28. The molecule has 3 rings (SSSR count). The van der Waals surface area contributed by atoms with Gasteiger partial charge < -0.3 is 4.57 Å². The molecule has 0 fully saturated rings. The highest BCUT2D eigenvalue weighted by molar-refractivity contribution is 7.98.